The number of allylic oxidation sites excluding steroid dienone is 22. The second-order valence-electron chi connectivity index (χ2n) is 27.3. The van der Waals surface area contributed by atoms with E-state index >= 15 is 0 Å². The fourth-order valence-corrected chi connectivity index (χ4v) is 11.0. The van der Waals surface area contributed by atoms with E-state index in [1.54, 1.807) is 0 Å². The van der Waals surface area contributed by atoms with Gasteiger partial charge in [0.15, 0.2) is 12.4 Å². The number of carboxylic acids is 1. The normalized spacial score (nSPS) is 13.4. The van der Waals surface area contributed by atoms with Crippen LogP contribution in [0, 0.1) is 0 Å². The SMILES string of the molecule is CC/C=C\C/C=C\C/C=C\C/C=C\C/C=C\C/C=C\C/C=C\C/C=C\C/C=C\C/C=C\C/C=C\CCCCCCCCCC(=O)OC(COC(=O)CCCCCCCCCCCCCCCCCCCCCCCCCCCCCCC)COC(OCC[N+](C)(C)C)C(=O)[O-]. The number of carboxylic acid groups (broad SMARTS) is 1. The van der Waals surface area contributed by atoms with E-state index < -0.39 is 24.3 Å². The summed E-state index contributed by atoms with van der Waals surface area (Å²) in [6.07, 6.45) is 106. The number of likely N-dealkylation sites (N-methyl/N-ethyl adjacent to an activating group) is 1. The van der Waals surface area contributed by atoms with Crippen molar-refractivity contribution >= 4 is 17.9 Å². The maximum Gasteiger partial charge on any atom is 0.306 e. The van der Waals surface area contributed by atoms with Crippen molar-refractivity contribution < 1.29 is 42.9 Å². The molecule has 0 radical (unpaired) electrons. The van der Waals surface area contributed by atoms with Crippen molar-refractivity contribution in [3.63, 3.8) is 0 Å². The molecule has 0 aliphatic carbocycles. The Morgan fingerprint density at radius 1 is 0.326 bits per heavy atom. The van der Waals surface area contributed by atoms with Crippen LogP contribution in [0.25, 0.3) is 0 Å². The van der Waals surface area contributed by atoms with Gasteiger partial charge in [-0.25, -0.2) is 0 Å². The van der Waals surface area contributed by atoms with Crippen LogP contribution >= 0.6 is 0 Å². The zero-order chi connectivity index (χ0) is 69.0. The number of aliphatic carboxylic acids is 1. The Balaban J connectivity index is 4.12. The van der Waals surface area contributed by atoms with Gasteiger partial charge in [-0.05, 0) is 96.3 Å². The first kappa shape index (κ1) is 90.4. The molecule has 0 amide bonds. The lowest BCUT2D eigenvalue weighted by molar-refractivity contribution is -0.870. The van der Waals surface area contributed by atoms with Crippen LogP contribution in [-0.2, 0) is 33.3 Å². The highest BCUT2D eigenvalue weighted by atomic mass is 16.7. The molecule has 0 rings (SSSR count). The van der Waals surface area contributed by atoms with Gasteiger partial charge in [-0.15, -0.1) is 0 Å². The predicted molar refractivity (Wildman–Crippen MR) is 407 cm³/mol. The lowest BCUT2D eigenvalue weighted by Gasteiger charge is -2.26. The van der Waals surface area contributed by atoms with Crippen LogP contribution in [0.4, 0.5) is 0 Å². The first-order valence-corrected chi connectivity index (χ1v) is 39.3. The van der Waals surface area contributed by atoms with Crippen LogP contribution in [-0.4, -0.2) is 82.3 Å². The van der Waals surface area contributed by atoms with Gasteiger partial charge in [0.25, 0.3) is 0 Å². The number of hydrogen-bond donors (Lipinski definition) is 0. The molecule has 0 spiro atoms. The van der Waals surface area contributed by atoms with Crippen molar-refractivity contribution in [2.75, 3.05) is 47.5 Å². The summed E-state index contributed by atoms with van der Waals surface area (Å²) in [7, 11) is 5.93. The third kappa shape index (κ3) is 76.7. The number of ether oxygens (including phenoxy) is 4. The Kier molecular flexibility index (Phi) is 71.6. The molecule has 0 aromatic heterocycles. The molecule has 544 valence electrons. The number of nitrogens with zero attached hydrogens (tertiary/aromatic N) is 1. The van der Waals surface area contributed by atoms with E-state index in [1.807, 2.05) is 21.1 Å². The molecule has 0 saturated heterocycles. The summed E-state index contributed by atoms with van der Waals surface area (Å²) in [6.45, 7) is 4.65. The van der Waals surface area contributed by atoms with E-state index in [0.717, 1.165) is 116 Å². The Bertz CT molecular complexity index is 2030. The van der Waals surface area contributed by atoms with Crippen molar-refractivity contribution in [2.45, 2.75) is 347 Å². The van der Waals surface area contributed by atoms with E-state index in [2.05, 4.69) is 148 Å². The Labute approximate surface area is 586 Å². The number of carbonyl (C=O) groups excluding carboxylic acids is 3. The fourth-order valence-electron chi connectivity index (χ4n) is 11.0. The topological polar surface area (TPSA) is 111 Å². The summed E-state index contributed by atoms with van der Waals surface area (Å²) < 4.78 is 22.8. The number of quaternary nitrogens is 1. The van der Waals surface area contributed by atoms with Gasteiger partial charge < -0.3 is 33.3 Å². The average molecular weight is 1320 g/mol. The van der Waals surface area contributed by atoms with Crippen LogP contribution in [0.15, 0.2) is 134 Å². The average Bonchev–Trinajstić information content (AvgIpc) is 3.54. The predicted octanol–water partition coefficient (Wildman–Crippen LogP) is 23.9. The van der Waals surface area contributed by atoms with Crippen LogP contribution < -0.4 is 5.11 Å². The van der Waals surface area contributed by atoms with Crippen molar-refractivity contribution in [1.82, 2.24) is 0 Å². The minimum atomic E-state index is -1.63. The van der Waals surface area contributed by atoms with Crippen LogP contribution in [0.5, 0.6) is 0 Å². The molecular weight excluding hydrogens is 1170 g/mol. The van der Waals surface area contributed by atoms with Gasteiger partial charge in [0.1, 0.15) is 13.2 Å². The molecule has 0 bridgehead atoms. The molecule has 0 aliphatic rings. The zero-order valence-electron chi connectivity index (χ0n) is 62.3. The van der Waals surface area contributed by atoms with Crippen LogP contribution in [0.3, 0.4) is 0 Å². The fraction of sp³-hybridized carbons (Fsp3) is 0.709. The summed E-state index contributed by atoms with van der Waals surface area (Å²) >= 11 is 0. The summed E-state index contributed by atoms with van der Waals surface area (Å²) in [5, 5.41) is 11.9. The number of carbonyl (C=O) groups is 3. The molecule has 2 unspecified atom stereocenters. The van der Waals surface area contributed by atoms with Gasteiger partial charge in [-0.1, -0.05) is 359 Å². The van der Waals surface area contributed by atoms with Gasteiger partial charge >= 0.3 is 11.9 Å². The number of hydrogen-bond acceptors (Lipinski definition) is 8. The molecule has 0 aliphatic heterocycles. The van der Waals surface area contributed by atoms with E-state index in [1.165, 1.54) is 186 Å². The molecule has 95 heavy (non-hydrogen) atoms. The van der Waals surface area contributed by atoms with Crippen LogP contribution in [0.2, 0.25) is 0 Å². The van der Waals surface area contributed by atoms with E-state index in [0.29, 0.717) is 17.4 Å². The Morgan fingerprint density at radius 2 is 0.600 bits per heavy atom. The van der Waals surface area contributed by atoms with Gasteiger partial charge in [0.05, 0.1) is 40.3 Å². The largest absolute Gasteiger partial charge is 0.545 e. The Morgan fingerprint density at radius 3 is 0.895 bits per heavy atom. The van der Waals surface area contributed by atoms with Crippen LogP contribution in [0.1, 0.15) is 335 Å². The summed E-state index contributed by atoms with van der Waals surface area (Å²) in [5.41, 5.74) is 0. The third-order valence-corrected chi connectivity index (χ3v) is 16.9. The maximum absolute atomic E-state index is 13.0. The highest BCUT2D eigenvalue weighted by Gasteiger charge is 2.22. The van der Waals surface area contributed by atoms with E-state index in [4.69, 9.17) is 18.9 Å². The molecule has 0 aromatic carbocycles. The molecule has 2 atom stereocenters. The lowest BCUT2D eigenvalue weighted by atomic mass is 10.0. The van der Waals surface area contributed by atoms with Gasteiger partial charge in [0, 0.05) is 12.8 Å². The van der Waals surface area contributed by atoms with Crippen molar-refractivity contribution in [2.24, 2.45) is 0 Å². The highest BCUT2D eigenvalue weighted by Crippen LogP contribution is 2.18. The van der Waals surface area contributed by atoms with E-state index in [-0.39, 0.29) is 38.6 Å². The minimum absolute atomic E-state index is 0.141. The molecule has 0 heterocycles. The standard InChI is InChI=1S/C86H147NO8/c1-6-8-10-12-14-16-18-20-22-24-26-28-30-32-34-36-37-38-39-40-41-42-43-44-45-46-47-49-51-53-55-57-59-61-63-65-67-69-71-73-75-77-84(89)95-82(81-94-86(85(90)91)92-79-78-87(3,4)5)80-93-83(88)76-74-72-70-68-66-64-62-60-58-56-54-52-50-48-35-33-31-29-27-25-23-21-19-17-15-13-11-9-7-2/h8,10,14,16,20,22,26,28,32,34,37-38,40-41,43-44,46-47,51,53,57,59,82,86H,6-7,9,11-13,15,17-19,21,23-25,27,29-31,33,35-36,39,42,45,48-50,52,54-56,58,60-81H2,1-5H3/b10-8-,16-14-,22-20-,28-26-,34-32-,38-37-,41-40-,44-43-,47-46-,53-51-,59-57-. The second kappa shape index (κ2) is 75.2. The summed E-state index contributed by atoms with van der Waals surface area (Å²) in [6, 6.07) is 0. The highest BCUT2D eigenvalue weighted by molar-refractivity contribution is 5.70. The van der Waals surface area contributed by atoms with Gasteiger partial charge in [-0.2, -0.15) is 0 Å². The summed E-state index contributed by atoms with van der Waals surface area (Å²) in [5.74, 6) is -2.29. The number of esters is 2. The third-order valence-electron chi connectivity index (χ3n) is 16.9. The van der Waals surface area contributed by atoms with Gasteiger partial charge in [0.2, 0.25) is 0 Å². The minimum Gasteiger partial charge on any atom is -0.545 e. The van der Waals surface area contributed by atoms with Crippen molar-refractivity contribution in [3.8, 4) is 0 Å². The zero-order valence-corrected chi connectivity index (χ0v) is 62.3. The first-order valence-electron chi connectivity index (χ1n) is 39.3. The quantitative estimate of drug-likeness (QED) is 0.0195. The maximum atomic E-state index is 13.0. The second-order valence-corrected chi connectivity index (χ2v) is 27.3. The first-order chi connectivity index (χ1) is 46.6. The number of unbranched alkanes of at least 4 members (excludes halogenated alkanes) is 35. The van der Waals surface area contributed by atoms with Crippen molar-refractivity contribution in [1.29, 1.82) is 0 Å². The summed E-state index contributed by atoms with van der Waals surface area (Å²) in [4.78, 5) is 37.6. The van der Waals surface area contributed by atoms with E-state index in [9.17, 15) is 19.5 Å². The molecule has 0 fully saturated rings. The Hall–Kier alpha value is -4.57. The lowest BCUT2D eigenvalue weighted by Crippen LogP contribution is -2.44. The smallest absolute Gasteiger partial charge is 0.306 e. The molecule has 0 saturated carbocycles. The molecule has 9 heteroatoms. The molecule has 0 N–H and O–H groups in total. The number of rotatable bonds is 72. The molecule has 9 nitrogen and oxygen atoms in total. The molecular formula is C86H147NO8. The van der Waals surface area contributed by atoms with Gasteiger partial charge in [-0.3, -0.25) is 9.59 Å². The monoisotopic (exact) mass is 1320 g/mol. The molecule has 0 aromatic rings. The van der Waals surface area contributed by atoms with Crippen molar-refractivity contribution in [3.05, 3.63) is 134 Å².